The van der Waals surface area contributed by atoms with Crippen molar-refractivity contribution in [3.63, 3.8) is 0 Å². The van der Waals surface area contributed by atoms with Gasteiger partial charge in [0.15, 0.2) is 0 Å². The lowest BCUT2D eigenvalue weighted by Gasteiger charge is -2.05. The van der Waals surface area contributed by atoms with Crippen LogP contribution in [0.5, 0.6) is 5.75 Å². The highest BCUT2D eigenvalue weighted by Gasteiger charge is 2.20. The van der Waals surface area contributed by atoms with E-state index in [1.165, 1.54) is 0 Å². The Bertz CT molecular complexity index is 1270. The average molecular weight is 352 g/mol. The second kappa shape index (κ2) is 6.21. The molecule has 0 atom stereocenters. The SMILES string of the molecule is COc1ccccc1N=Nc1c2[nH]c3ccccc3nc-2c2ccccc12. The van der Waals surface area contributed by atoms with Crippen LogP contribution >= 0.6 is 0 Å². The normalized spacial score (nSPS) is 11.7. The predicted octanol–water partition coefficient (Wildman–Crippen LogP) is 6.24. The lowest BCUT2D eigenvalue weighted by Crippen LogP contribution is -1.89. The summed E-state index contributed by atoms with van der Waals surface area (Å²) in [6.07, 6.45) is 0. The Kier molecular flexibility index (Phi) is 3.57. The lowest BCUT2D eigenvalue weighted by atomic mass is 10.2. The molecule has 5 nitrogen and oxygen atoms in total. The summed E-state index contributed by atoms with van der Waals surface area (Å²) in [4.78, 5) is 8.34. The van der Waals surface area contributed by atoms with E-state index in [0.717, 1.165) is 38.9 Å². The molecule has 130 valence electrons. The largest absolute Gasteiger partial charge is 0.494 e. The number of benzene rings is 3. The van der Waals surface area contributed by atoms with Gasteiger partial charge in [-0.2, -0.15) is 0 Å². The monoisotopic (exact) mass is 352 g/mol. The molecule has 0 saturated carbocycles. The van der Waals surface area contributed by atoms with Crippen molar-refractivity contribution >= 4 is 33.2 Å². The molecule has 5 heteroatoms. The molecule has 0 fully saturated rings. The van der Waals surface area contributed by atoms with Crippen molar-refractivity contribution in [2.45, 2.75) is 0 Å². The van der Waals surface area contributed by atoms with Gasteiger partial charge in [0.25, 0.3) is 0 Å². The van der Waals surface area contributed by atoms with Crippen molar-refractivity contribution < 1.29 is 4.74 Å². The molecule has 0 amide bonds. The number of nitrogens with one attached hydrogen (secondary N) is 1. The van der Waals surface area contributed by atoms with E-state index in [-0.39, 0.29) is 0 Å². The number of H-pyrrole nitrogens is 1. The van der Waals surface area contributed by atoms with Gasteiger partial charge in [-0.3, -0.25) is 0 Å². The average Bonchev–Trinajstić information content (AvgIpc) is 3.03. The third-order valence-electron chi connectivity index (χ3n) is 4.65. The van der Waals surface area contributed by atoms with Crippen molar-refractivity contribution in [1.29, 1.82) is 0 Å². The van der Waals surface area contributed by atoms with Gasteiger partial charge < -0.3 is 9.72 Å². The second-order valence-corrected chi connectivity index (χ2v) is 6.24. The fraction of sp³-hybridized carbons (Fsp3) is 0.0455. The highest BCUT2D eigenvalue weighted by molar-refractivity contribution is 6.11. The van der Waals surface area contributed by atoms with Gasteiger partial charge in [-0.15, -0.1) is 10.2 Å². The minimum absolute atomic E-state index is 0.687. The predicted molar refractivity (Wildman–Crippen MR) is 107 cm³/mol. The summed E-state index contributed by atoms with van der Waals surface area (Å²) >= 11 is 0. The first-order chi connectivity index (χ1) is 13.3. The zero-order valence-electron chi connectivity index (χ0n) is 14.7. The molecule has 5 rings (SSSR count). The number of aromatic nitrogens is 2. The molecule has 1 heterocycles. The fourth-order valence-corrected chi connectivity index (χ4v) is 3.36. The molecule has 0 bridgehead atoms. The first-order valence-corrected chi connectivity index (χ1v) is 8.69. The van der Waals surface area contributed by atoms with Crippen molar-refractivity contribution in [2.75, 3.05) is 7.11 Å². The lowest BCUT2D eigenvalue weighted by molar-refractivity contribution is 0.416. The molecule has 27 heavy (non-hydrogen) atoms. The van der Waals surface area contributed by atoms with E-state index in [4.69, 9.17) is 9.72 Å². The van der Waals surface area contributed by atoms with E-state index in [1.54, 1.807) is 7.11 Å². The van der Waals surface area contributed by atoms with Crippen LogP contribution in [-0.4, -0.2) is 17.1 Å². The van der Waals surface area contributed by atoms with Crippen LogP contribution < -0.4 is 4.74 Å². The molecule has 1 aliphatic heterocycles. The van der Waals surface area contributed by atoms with Crippen LogP contribution in [0.2, 0.25) is 0 Å². The van der Waals surface area contributed by atoms with E-state index < -0.39 is 0 Å². The number of rotatable bonds is 3. The highest BCUT2D eigenvalue weighted by Crippen LogP contribution is 2.44. The van der Waals surface area contributed by atoms with Gasteiger partial charge in [-0.1, -0.05) is 48.5 Å². The summed E-state index contributed by atoms with van der Waals surface area (Å²) < 4.78 is 5.37. The smallest absolute Gasteiger partial charge is 0.146 e. The molecule has 0 unspecified atom stereocenters. The number of azo groups is 1. The zero-order chi connectivity index (χ0) is 18.2. The molecular formula is C22H16N4O. The molecule has 3 aromatic carbocycles. The van der Waals surface area contributed by atoms with E-state index in [2.05, 4.69) is 21.3 Å². The molecular weight excluding hydrogens is 336 g/mol. The highest BCUT2D eigenvalue weighted by atomic mass is 16.5. The van der Waals surface area contributed by atoms with Crippen molar-refractivity contribution in [2.24, 2.45) is 10.2 Å². The van der Waals surface area contributed by atoms with Gasteiger partial charge in [0.05, 0.1) is 29.5 Å². The molecule has 0 spiro atoms. The third kappa shape index (κ3) is 2.52. The Balaban J connectivity index is 1.77. The molecule has 1 N–H and O–H groups in total. The quantitative estimate of drug-likeness (QED) is 0.390. The number of methoxy groups -OCH3 is 1. The Labute approximate surface area is 155 Å². The van der Waals surface area contributed by atoms with Crippen LogP contribution in [0.1, 0.15) is 0 Å². The minimum atomic E-state index is 0.687. The molecule has 3 aromatic rings. The maximum atomic E-state index is 5.37. The van der Waals surface area contributed by atoms with Gasteiger partial charge in [0.2, 0.25) is 0 Å². The van der Waals surface area contributed by atoms with Gasteiger partial charge in [-0.25, -0.2) is 4.98 Å². The number of aromatic amines is 1. The van der Waals surface area contributed by atoms with Crippen molar-refractivity contribution in [3.05, 3.63) is 72.8 Å². The second-order valence-electron chi connectivity index (χ2n) is 6.24. The topological polar surface area (TPSA) is 62.6 Å². The number of hydrogen-bond donors (Lipinski definition) is 1. The Morgan fingerprint density at radius 1 is 0.815 bits per heavy atom. The van der Waals surface area contributed by atoms with Crippen LogP contribution in [0, 0.1) is 0 Å². The standard InChI is InChI=1S/C22H16N4O/c1-27-19-13-7-6-12-18(19)25-26-21-15-9-3-2-8-14(15)20-22(21)24-17-11-5-4-10-16(17)23-20/h2-13,24H,1H3. The number of ether oxygens (including phenoxy) is 1. The van der Waals surface area contributed by atoms with Gasteiger partial charge >= 0.3 is 0 Å². The third-order valence-corrected chi connectivity index (χ3v) is 4.65. The van der Waals surface area contributed by atoms with Crippen LogP contribution in [-0.2, 0) is 0 Å². The maximum absolute atomic E-state index is 5.37. The Morgan fingerprint density at radius 2 is 1.56 bits per heavy atom. The Hall–Kier alpha value is -3.73. The summed E-state index contributed by atoms with van der Waals surface area (Å²) in [5.74, 6) is 0.689. The summed E-state index contributed by atoms with van der Waals surface area (Å²) in [7, 11) is 1.63. The Morgan fingerprint density at radius 3 is 2.44 bits per heavy atom. The van der Waals surface area contributed by atoms with E-state index in [1.807, 2.05) is 66.7 Å². The van der Waals surface area contributed by atoms with Crippen molar-refractivity contribution in [3.8, 4) is 17.1 Å². The molecule has 2 aliphatic rings. The number of para-hydroxylation sites is 3. The maximum Gasteiger partial charge on any atom is 0.146 e. The van der Waals surface area contributed by atoms with Crippen LogP contribution in [0.4, 0.5) is 11.4 Å². The fourth-order valence-electron chi connectivity index (χ4n) is 3.36. The van der Waals surface area contributed by atoms with Crippen LogP contribution in [0.3, 0.4) is 0 Å². The number of fused-ring (bicyclic) bond motifs is 4. The van der Waals surface area contributed by atoms with Gasteiger partial charge in [0.1, 0.15) is 17.1 Å². The van der Waals surface area contributed by atoms with E-state index in [0.29, 0.717) is 11.4 Å². The van der Waals surface area contributed by atoms with Crippen LogP contribution in [0.25, 0.3) is 33.2 Å². The molecule has 0 radical (unpaired) electrons. The molecule has 1 aliphatic carbocycles. The minimum Gasteiger partial charge on any atom is -0.494 e. The summed E-state index contributed by atoms with van der Waals surface area (Å²) in [6, 6.07) is 23.7. The van der Waals surface area contributed by atoms with Gasteiger partial charge in [0, 0.05) is 10.8 Å². The summed E-state index contributed by atoms with van der Waals surface area (Å²) in [5, 5.41) is 11.1. The first kappa shape index (κ1) is 15.5. The first-order valence-electron chi connectivity index (χ1n) is 8.69. The number of nitrogens with zero attached hydrogens (tertiary/aromatic N) is 3. The summed E-state index contributed by atoms with van der Waals surface area (Å²) in [5.41, 5.74) is 5.15. The number of hydrogen-bond acceptors (Lipinski definition) is 4. The molecule has 0 aromatic heterocycles. The van der Waals surface area contributed by atoms with Crippen molar-refractivity contribution in [1.82, 2.24) is 9.97 Å². The van der Waals surface area contributed by atoms with Gasteiger partial charge in [-0.05, 0) is 24.3 Å². The van der Waals surface area contributed by atoms with E-state index in [9.17, 15) is 0 Å². The van der Waals surface area contributed by atoms with E-state index >= 15 is 0 Å². The molecule has 0 saturated heterocycles. The summed E-state index contributed by atoms with van der Waals surface area (Å²) in [6.45, 7) is 0. The van der Waals surface area contributed by atoms with Crippen LogP contribution in [0.15, 0.2) is 83.0 Å². The zero-order valence-corrected chi connectivity index (χ0v) is 14.7.